The SMILES string of the molecule is CC(C)(NS(=O)(=O)c1ccccc1)c1cncc(N2CCN(Cc3ccccc3)CC2)c1. The third-order valence-electron chi connectivity index (χ3n) is 5.87. The molecular weight excluding hydrogens is 420 g/mol. The summed E-state index contributed by atoms with van der Waals surface area (Å²) in [6.07, 6.45) is 3.60. The average molecular weight is 451 g/mol. The van der Waals surface area contributed by atoms with Gasteiger partial charge in [-0.3, -0.25) is 9.88 Å². The van der Waals surface area contributed by atoms with E-state index in [1.165, 1.54) is 5.56 Å². The molecule has 0 aliphatic carbocycles. The van der Waals surface area contributed by atoms with Gasteiger partial charge in [0, 0.05) is 38.9 Å². The van der Waals surface area contributed by atoms with Gasteiger partial charge in [0.2, 0.25) is 10.0 Å². The first-order chi connectivity index (χ1) is 15.3. The number of sulfonamides is 1. The molecule has 1 aromatic heterocycles. The molecular formula is C25H30N4O2S. The van der Waals surface area contributed by atoms with Gasteiger partial charge in [-0.1, -0.05) is 48.5 Å². The van der Waals surface area contributed by atoms with Crippen LogP contribution in [0.3, 0.4) is 0 Å². The van der Waals surface area contributed by atoms with Crippen molar-refractivity contribution in [1.82, 2.24) is 14.6 Å². The fraction of sp³-hybridized carbons (Fsp3) is 0.320. The predicted octanol–water partition coefficient (Wildman–Crippen LogP) is 3.62. The van der Waals surface area contributed by atoms with Gasteiger partial charge in [-0.15, -0.1) is 0 Å². The van der Waals surface area contributed by atoms with Crippen LogP contribution in [0.25, 0.3) is 0 Å². The van der Waals surface area contributed by atoms with Crippen molar-refractivity contribution in [2.45, 2.75) is 30.8 Å². The highest BCUT2D eigenvalue weighted by Crippen LogP contribution is 2.26. The zero-order valence-corrected chi connectivity index (χ0v) is 19.4. The Balaban J connectivity index is 1.43. The van der Waals surface area contributed by atoms with Crippen LogP contribution in [0.2, 0.25) is 0 Å². The molecule has 32 heavy (non-hydrogen) atoms. The maximum Gasteiger partial charge on any atom is 0.241 e. The van der Waals surface area contributed by atoms with E-state index >= 15 is 0 Å². The summed E-state index contributed by atoms with van der Waals surface area (Å²) in [5.74, 6) is 0. The maximum atomic E-state index is 12.8. The second-order valence-corrected chi connectivity index (χ2v) is 10.4. The number of nitrogens with zero attached hydrogens (tertiary/aromatic N) is 3. The number of hydrogen-bond acceptors (Lipinski definition) is 5. The minimum absolute atomic E-state index is 0.256. The molecule has 0 bridgehead atoms. The third-order valence-corrected chi connectivity index (χ3v) is 7.55. The number of piperazine rings is 1. The molecule has 0 unspecified atom stereocenters. The Hall–Kier alpha value is -2.74. The molecule has 1 aliphatic rings. The Morgan fingerprint density at radius 1 is 0.906 bits per heavy atom. The normalized spacial score (nSPS) is 15.6. The highest BCUT2D eigenvalue weighted by Gasteiger charge is 2.29. The molecule has 2 aromatic carbocycles. The van der Waals surface area contributed by atoms with Crippen molar-refractivity contribution < 1.29 is 8.42 Å². The molecule has 6 nitrogen and oxygen atoms in total. The summed E-state index contributed by atoms with van der Waals surface area (Å²) in [5.41, 5.74) is 2.39. The van der Waals surface area contributed by atoms with Crippen molar-refractivity contribution in [1.29, 1.82) is 0 Å². The molecule has 1 aliphatic heterocycles. The van der Waals surface area contributed by atoms with E-state index in [1.807, 2.05) is 32.2 Å². The molecule has 7 heteroatoms. The van der Waals surface area contributed by atoms with Crippen molar-refractivity contribution in [2.75, 3.05) is 31.1 Å². The number of pyridine rings is 1. The molecule has 1 saturated heterocycles. The molecule has 0 spiro atoms. The molecule has 168 valence electrons. The van der Waals surface area contributed by atoms with Crippen LogP contribution in [0.5, 0.6) is 0 Å². The van der Waals surface area contributed by atoms with Crippen LogP contribution in [-0.4, -0.2) is 44.5 Å². The van der Waals surface area contributed by atoms with E-state index in [2.05, 4.69) is 43.8 Å². The number of hydrogen-bond donors (Lipinski definition) is 1. The topological polar surface area (TPSA) is 65.5 Å². The minimum Gasteiger partial charge on any atom is -0.368 e. The number of aromatic nitrogens is 1. The molecule has 2 heterocycles. The molecule has 0 radical (unpaired) electrons. The van der Waals surface area contributed by atoms with Crippen LogP contribution < -0.4 is 9.62 Å². The second kappa shape index (κ2) is 9.40. The Morgan fingerprint density at radius 3 is 2.19 bits per heavy atom. The largest absolute Gasteiger partial charge is 0.368 e. The molecule has 3 aromatic rings. The first-order valence-corrected chi connectivity index (χ1v) is 12.4. The number of nitrogens with one attached hydrogen (secondary N) is 1. The summed E-state index contributed by atoms with van der Waals surface area (Å²) < 4.78 is 28.5. The van der Waals surface area contributed by atoms with Gasteiger partial charge in [-0.2, -0.15) is 0 Å². The second-order valence-electron chi connectivity index (χ2n) is 8.72. The van der Waals surface area contributed by atoms with E-state index in [0.29, 0.717) is 0 Å². The Bertz CT molecular complexity index is 1130. The zero-order chi connectivity index (χ0) is 22.6. The summed E-state index contributed by atoms with van der Waals surface area (Å²) in [6.45, 7) is 8.47. The lowest BCUT2D eigenvalue weighted by Crippen LogP contribution is -2.46. The van der Waals surface area contributed by atoms with Gasteiger partial charge in [-0.25, -0.2) is 13.1 Å². The van der Waals surface area contributed by atoms with Gasteiger partial charge in [-0.05, 0) is 43.2 Å². The van der Waals surface area contributed by atoms with Gasteiger partial charge in [0.1, 0.15) is 0 Å². The van der Waals surface area contributed by atoms with Crippen molar-refractivity contribution in [3.8, 4) is 0 Å². The van der Waals surface area contributed by atoms with Crippen LogP contribution >= 0.6 is 0 Å². The molecule has 0 saturated carbocycles. The Kier molecular flexibility index (Phi) is 6.60. The number of rotatable bonds is 7. The Morgan fingerprint density at radius 2 is 1.53 bits per heavy atom. The van der Waals surface area contributed by atoms with Crippen LogP contribution in [0.4, 0.5) is 5.69 Å². The summed E-state index contributed by atoms with van der Waals surface area (Å²) >= 11 is 0. The van der Waals surface area contributed by atoms with Crippen LogP contribution in [-0.2, 0) is 22.1 Å². The van der Waals surface area contributed by atoms with E-state index < -0.39 is 15.6 Å². The predicted molar refractivity (Wildman–Crippen MR) is 128 cm³/mol. The van der Waals surface area contributed by atoms with Crippen molar-refractivity contribution in [3.05, 3.63) is 90.3 Å². The molecule has 1 N–H and O–H groups in total. The lowest BCUT2D eigenvalue weighted by atomic mass is 9.97. The van der Waals surface area contributed by atoms with E-state index in [-0.39, 0.29) is 4.90 Å². The molecule has 4 rings (SSSR count). The van der Waals surface area contributed by atoms with Crippen molar-refractivity contribution >= 4 is 15.7 Å². The summed E-state index contributed by atoms with van der Waals surface area (Å²) in [4.78, 5) is 9.46. The lowest BCUT2D eigenvalue weighted by Gasteiger charge is -2.36. The average Bonchev–Trinajstić information content (AvgIpc) is 2.80. The highest BCUT2D eigenvalue weighted by molar-refractivity contribution is 7.89. The number of anilines is 1. The van der Waals surface area contributed by atoms with Gasteiger partial charge in [0.15, 0.2) is 0 Å². The summed E-state index contributed by atoms with van der Waals surface area (Å²) in [6, 6.07) is 21.0. The third kappa shape index (κ3) is 5.35. The molecule has 1 fully saturated rings. The van der Waals surface area contributed by atoms with E-state index in [1.54, 1.807) is 36.5 Å². The van der Waals surface area contributed by atoms with E-state index in [9.17, 15) is 8.42 Å². The van der Waals surface area contributed by atoms with Crippen molar-refractivity contribution in [2.24, 2.45) is 0 Å². The monoisotopic (exact) mass is 450 g/mol. The maximum absolute atomic E-state index is 12.8. The zero-order valence-electron chi connectivity index (χ0n) is 18.6. The van der Waals surface area contributed by atoms with Gasteiger partial charge < -0.3 is 4.90 Å². The highest BCUT2D eigenvalue weighted by atomic mass is 32.2. The first-order valence-electron chi connectivity index (χ1n) is 10.9. The van der Waals surface area contributed by atoms with Gasteiger partial charge >= 0.3 is 0 Å². The fourth-order valence-electron chi connectivity index (χ4n) is 4.00. The number of benzene rings is 2. The van der Waals surface area contributed by atoms with Crippen molar-refractivity contribution in [3.63, 3.8) is 0 Å². The van der Waals surface area contributed by atoms with Crippen LogP contribution in [0.15, 0.2) is 84.0 Å². The van der Waals surface area contributed by atoms with E-state index in [0.717, 1.165) is 44.0 Å². The van der Waals surface area contributed by atoms with E-state index in [4.69, 9.17) is 0 Å². The molecule has 0 atom stereocenters. The Labute approximate surface area is 191 Å². The molecule has 0 amide bonds. The van der Waals surface area contributed by atoms with Gasteiger partial charge in [0.25, 0.3) is 0 Å². The summed E-state index contributed by atoms with van der Waals surface area (Å²) in [7, 11) is -3.64. The standard InChI is InChI=1S/C25H30N4O2S/c1-25(2,27-32(30,31)24-11-7-4-8-12-24)22-17-23(19-26-18-22)29-15-13-28(14-16-29)20-21-9-5-3-6-10-21/h3-12,17-19,27H,13-16,20H2,1-2H3. The first kappa shape index (κ1) is 22.5. The fourth-order valence-corrected chi connectivity index (χ4v) is 5.42. The van der Waals surface area contributed by atoms with Crippen LogP contribution in [0, 0.1) is 0 Å². The lowest BCUT2D eigenvalue weighted by molar-refractivity contribution is 0.250. The van der Waals surface area contributed by atoms with Gasteiger partial charge in [0.05, 0.1) is 22.3 Å². The smallest absolute Gasteiger partial charge is 0.241 e. The minimum atomic E-state index is -3.64. The summed E-state index contributed by atoms with van der Waals surface area (Å²) in [5, 5.41) is 0. The van der Waals surface area contributed by atoms with Crippen LogP contribution in [0.1, 0.15) is 25.0 Å². The quantitative estimate of drug-likeness (QED) is 0.596.